The molecule has 0 aliphatic rings. The highest BCUT2D eigenvalue weighted by Crippen LogP contribution is 2.49. The van der Waals surface area contributed by atoms with E-state index in [1.165, 1.54) is 143 Å². The first-order valence-electron chi connectivity index (χ1n) is 49.3. The van der Waals surface area contributed by atoms with Crippen molar-refractivity contribution in [2.75, 3.05) is 0 Å². The number of rotatable bonds is 11. The third-order valence-corrected chi connectivity index (χ3v) is 29.3. The average molecular weight is 1850 g/mol. The van der Waals surface area contributed by atoms with E-state index in [0.29, 0.717) is 11.9 Å². The normalized spacial score (nSPS) is 11.9. The summed E-state index contributed by atoms with van der Waals surface area (Å²) in [5, 5.41) is 21.2. The van der Waals surface area contributed by atoms with E-state index in [1.807, 2.05) is 42.5 Å². The van der Waals surface area contributed by atoms with E-state index < -0.39 is 0 Å². The fourth-order valence-corrected chi connectivity index (χ4v) is 22.9. The molecule has 0 aliphatic heterocycles. The molecule has 0 saturated carbocycles. The second kappa shape index (κ2) is 33.6. The zero-order chi connectivity index (χ0) is 95.3. The van der Waals surface area contributed by atoms with Gasteiger partial charge in [0.15, 0.2) is 0 Å². The monoisotopic (exact) mass is 1850 g/mol. The summed E-state index contributed by atoms with van der Waals surface area (Å²) >= 11 is 0. The standard InChI is InChI=1S/C54H35N3.C44H28N4.C36H21N3O/c1-4-14-40(15-5-1)55-49-22-12-10-20-43(49)45-32-36(24-28-51(45)55)38-26-30-53-47(34-38)48-35-39(27-31-54(48)57(53)42-18-8-3-9-19-42)37-25-29-52-46(33-37)44-21-11-13-23-50(44)56(52)41-16-6-2-7-17-41;1-3-13-29(14-4-1)43-35-19-7-10-20-38(35)45-44(46-43)48-40-22-12-9-18-34(40)37-28-31(24-26-42(37)48)30-23-25-41-36(27-30)33-17-8-11-21-39(33)47(41)32-15-5-2-6-16-32;1-2-12-22(13-3-1)33-25-16-6-9-19-28(25)37-36(38-33)39-29-20-10-7-17-26(29)31-32-27-18-8-11-21-30(27)40-35(32)24-15-5-4-14-23(24)34(31)39/h1-35H;1-28H;1-21H. The van der Waals surface area contributed by atoms with Crippen molar-refractivity contribution < 1.29 is 4.42 Å². The molecule has 0 bridgehead atoms. The number of furan rings is 1. The van der Waals surface area contributed by atoms with Gasteiger partial charge in [0.1, 0.15) is 11.2 Å². The summed E-state index contributed by atoms with van der Waals surface area (Å²) in [6.45, 7) is 0. The first-order chi connectivity index (χ1) is 72.0. The summed E-state index contributed by atoms with van der Waals surface area (Å²) in [7, 11) is 0. The Bertz CT molecular complexity index is 10500. The van der Waals surface area contributed by atoms with Gasteiger partial charge in [-0.3, -0.25) is 9.13 Å². The number of para-hydroxylation sites is 12. The highest BCUT2D eigenvalue weighted by atomic mass is 16.3. The molecule has 9 heterocycles. The molecule has 0 unspecified atom stereocenters. The molecule has 0 amide bonds. The highest BCUT2D eigenvalue weighted by Gasteiger charge is 2.28. The number of fused-ring (bicyclic) bond motifs is 27. The predicted molar refractivity (Wildman–Crippen MR) is 604 cm³/mol. The van der Waals surface area contributed by atoms with Gasteiger partial charge in [-0.15, -0.1) is 0 Å². The smallest absolute Gasteiger partial charge is 0.235 e. The zero-order valence-electron chi connectivity index (χ0n) is 78.4. The summed E-state index contributed by atoms with van der Waals surface area (Å²) in [5.41, 5.74) is 33.4. The molecule has 11 heteroatoms. The van der Waals surface area contributed by atoms with E-state index in [9.17, 15) is 0 Å². The number of aromatic nitrogens is 10. The van der Waals surface area contributed by atoms with Crippen LogP contribution >= 0.6 is 0 Å². The molecular weight excluding hydrogens is 1770 g/mol. The van der Waals surface area contributed by atoms with Gasteiger partial charge in [-0.05, 0) is 203 Å². The molecule has 31 rings (SSSR count). The van der Waals surface area contributed by atoms with E-state index in [-0.39, 0.29) is 0 Å². The third-order valence-electron chi connectivity index (χ3n) is 29.3. The summed E-state index contributed by atoms with van der Waals surface area (Å²) in [4.78, 5) is 20.8. The highest BCUT2D eigenvalue weighted by molar-refractivity contribution is 6.36. The summed E-state index contributed by atoms with van der Waals surface area (Å²) < 4.78 is 20.5. The Kier molecular flexibility index (Phi) is 19.1. The van der Waals surface area contributed by atoms with Gasteiger partial charge in [-0.25, -0.2) is 19.9 Å². The summed E-state index contributed by atoms with van der Waals surface area (Å²) in [6, 6.07) is 182. The number of nitrogens with zero attached hydrogens (tertiary/aromatic N) is 10. The van der Waals surface area contributed by atoms with Gasteiger partial charge in [0, 0.05) is 131 Å². The first-order valence-corrected chi connectivity index (χ1v) is 49.3. The molecule has 145 heavy (non-hydrogen) atoms. The Morgan fingerprint density at radius 2 is 0.400 bits per heavy atom. The maximum Gasteiger partial charge on any atom is 0.235 e. The largest absolute Gasteiger partial charge is 0.455 e. The third kappa shape index (κ3) is 13.4. The van der Waals surface area contributed by atoms with Gasteiger partial charge < -0.3 is 22.7 Å². The van der Waals surface area contributed by atoms with E-state index in [4.69, 9.17) is 24.4 Å². The van der Waals surface area contributed by atoms with Crippen molar-refractivity contribution in [3.8, 4) is 90.5 Å². The lowest BCUT2D eigenvalue weighted by atomic mass is 9.98. The molecule has 0 fully saturated rings. The molecule has 22 aromatic carbocycles. The van der Waals surface area contributed by atoms with Gasteiger partial charge in [0.25, 0.3) is 0 Å². The molecule has 0 spiro atoms. The van der Waals surface area contributed by atoms with Crippen LogP contribution in [0.2, 0.25) is 0 Å². The topological polar surface area (TPSA) is 94.3 Å². The van der Waals surface area contributed by atoms with E-state index in [0.717, 1.165) is 121 Å². The Hall–Kier alpha value is -19.6. The Balaban J connectivity index is 0.000000105. The summed E-state index contributed by atoms with van der Waals surface area (Å²) in [6.07, 6.45) is 0. The van der Waals surface area contributed by atoms with Crippen molar-refractivity contribution in [1.82, 2.24) is 47.3 Å². The van der Waals surface area contributed by atoms with Crippen molar-refractivity contribution in [1.29, 1.82) is 0 Å². The predicted octanol–water partition coefficient (Wildman–Crippen LogP) is 34.9. The fourth-order valence-electron chi connectivity index (χ4n) is 22.9. The fraction of sp³-hybridized carbons (Fsp3) is 0. The van der Waals surface area contributed by atoms with Crippen LogP contribution in [0.1, 0.15) is 0 Å². The molecule has 0 saturated heterocycles. The molecule has 0 atom stereocenters. The van der Waals surface area contributed by atoms with Crippen LogP contribution in [0.15, 0.2) is 514 Å². The summed E-state index contributed by atoms with van der Waals surface area (Å²) in [5.74, 6) is 1.32. The van der Waals surface area contributed by atoms with Crippen LogP contribution < -0.4 is 0 Å². The minimum atomic E-state index is 0.654. The van der Waals surface area contributed by atoms with Crippen molar-refractivity contribution in [3.63, 3.8) is 0 Å². The number of benzene rings is 22. The second-order valence-corrected chi connectivity index (χ2v) is 37.4. The molecular formula is C134H84N10O. The SMILES string of the molecule is c1ccc(-c2nc(-n3c4ccccc4c4c5c6ccccc6oc5c5ccccc5c43)nc3ccccc23)cc1.c1ccc(-c2nc(-n3c4ccccc4c4cc(-c5ccc6c(c5)c5ccccc5n6-c5ccccc5)ccc43)nc3ccccc23)cc1.c1ccc(-n2c3ccccc3c3cc(-c4ccc5c(c4)c4cc(-c6ccc7c(c6)c6ccccc6n7-c6ccccc6)ccc4n5-c4ccccc4)ccc32)cc1. The van der Waals surface area contributed by atoms with Gasteiger partial charge in [0.05, 0.1) is 88.6 Å². The molecule has 0 N–H and O–H groups in total. The maximum atomic E-state index is 6.53. The second-order valence-electron chi connectivity index (χ2n) is 37.4. The lowest BCUT2D eigenvalue weighted by Crippen LogP contribution is -2.03. The Morgan fingerprint density at radius 1 is 0.152 bits per heavy atom. The van der Waals surface area contributed by atoms with E-state index in [1.54, 1.807) is 0 Å². The van der Waals surface area contributed by atoms with Crippen LogP contribution in [0.25, 0.3) is 276 Å². The molecule has 676 valence electrons. The van der Waals surface area contributed by atoms with Crippen LogP contribution in [0.4, 0.5) is 0 Å². The minimum absolute atomic E-state index is 0.654. The average Bonchev–Trinajstić information content (AvgIpc) is 1.53. The zero-order valence-corrected chi connectivity index (χ0v) is 78.4. The molecule has 9 aromatic heterocycles. The van der Waals surface area contributed by atoms with Crippen LogP contribution in [0.3, 0.4) is 0 Å². The van der Waals surface area contributed by atoms with Crippen molar-refractivity contribution in [2.24, 2.45) is 0 Å². The number of hydrogen-bond acceptors (Lipinski definition) is 5. The van der Waals surface area contributed by atoms with Crippen LogP contribution in [-0.2, 0) is 0 Å². The van der Waals surface area contributed by atoms with Crippen LogP contribution in [-0.4, -0.2) is 47.3 Å². The lowest BCUT2D eigenvalue weighted by molar-refractivity contribution is 0.673. The van der Waals surface area contributed by atoms with Crippen molar-refractivity contribution >= 4 is 185 Å². The molecule has 31 aromatic rings. The molecule has 0 radical (unpaired) electrons. The van der Waals surface area contributed by atoms with Gasteiger partial charge in [-0.1, -0.05) is 340 Å². The Labute approximate surface area is 831 Å². The van der Waals surface area contributed by atoms with Crippen molar-refractivity contribution in [3.05, 3.63) is 510 Å². The first kappa shape index (κ1) is 82.5. The van der Waals surface area contributed by atoms with E-state index >= 15 is 0 Å². The lowest BCUT2D eigenvalue weighted by Gasteiger charge is -2.12. The maximum absolute atomic E-state index is 6.53. The minimum Gasteiger partial charge on any atom is -0.455 e. The quantitative estimate of drug-likeness (QED) is 0.129. The van der Waals surface area contributed by atoms with Gasteiger partial charge >= 0.3 is 0 Å². The van der Waals surface area contributed by atoms with E-state index in [2.05, 4.69) is 495 Å². The van der Waals surface area contributed by atoms with Gasteiger partial charge in [0.2, 0.25) is 11.9 Å². The Morgan fingerprint density at radius 3 is 0.759 bits per heavy atom. The molecule has 11 nitrogen and oxygen atoms in total. The van der Waals surface area contributed by atoms with Crippen molar-refractivity contribution in [2.45, 2.75) is 0 Å². The van der Waals surface area contributed by atoms with Crippen LogP contribution in [0, 0.1) is 0 Å². The molecule has 0 aliphatic carbocycles. The van der Waals surface area contributed by atoms with Gasteiger partial charge in [-0.2, -0.15) is 0 Å². The van der Waals surface area contributed by atoms with Crippen LogP contribution in [0.5, 0.6) is 0 Å². The number of hydrogen-bond donors (Lipinski definition) is 0.